The summed E-state index contributed by atoms with van der Waals surface area (Å²) >= 11 is 7.19. The van der Waals surface area contributed by atoms with Crippen LogP contribution in [0.15, 0.2) is 17.5 Å². The smallest absolute Gasteiger partial charge is 0.220 e. The van der Waals surface area contributed by atoms with Crippen molar-refractivity contribution in [2.75, 3.05) is 5.88 Å². The Morgan fingerprint density at radius 1 is 1.60 bits per heavy atom. The first kappa shape index (κ1) is 12.5. The van der Waals surface area contributed by atoms with Crippen LogP contribution in [0.3, 0.4) is 0 Å². The molecule has 0 saturated carbocycles. The van der Waals surface area contributed by atoms with E-state index in [1.54, 1.807) is 11.3 Å². The van der Waals surface area contributed by atoms with Crippen molar-refractivity contribution in [3.8, 4) is 0 Å². The summed E-state index contributed by atoms with van der Waals surface area (Å²) in [5, 5.41) is 5.02. The van der Waals surface area contributed by atoms with E-state index in [-0.39, 0.29) is 11.4 Å². The van der Waals surface area contributed by atoms with Gasteiger partial charge < -0.3 is 5.32 Å². The van der Waals surface area contributed by atoms with E-state index in [2.05, 4.69) is 5.32 Å². The van der Waals surface area contributed by atoms with Crippen molar-refractivity contribution in [1.29, 1.82) is 0 Å². The van der Waals surface area contributed by atoms with Crippen LogP contribution in [-0.2, 0) is 10.3 Å². The fourth-order valence-electron chi connectivity index (χ4n) is 1.33. The Labute approximate surface area is 99.6 Å². The second-order valence-corrected chi connectivity index (χ2v) is 5.27. The number of carbonyl (C=O) groups is 1. The maximum Gasteiger partial charge on any atom is 0.220 e. The molecule has 1 heterocycles. The summed E-state index contributed by atoms with van der Waals surface area (Å²) < 4.78 is 0. The zero-order valence-electron chi connectivity index (χ0n) is 9.05. The molecule has 0 aromatic carbocycles. The quantitative estimate of drug-likeness (QED) is 0.794. The summed E-state index contributed by atoms with van der Waals surface area (Å²) in [6.07, 6.45) is 1.23. The average molecular weight is 246 g/mol. The average Bonchev–Trinajstić information content (AvgIpc) is 2.67. The zero-order valence-corrected chi connectivity index (χ0v) is 10.6. The Bertz CT molecular complexity index is 308. The lowest BCUT2D eigenvalue weighted by molar-refractivity contribution is -0.122. The van der Waals surface area contributed by atoms with Crippen LogP contribution >= 0.6 is 22.9 Å². The molecule has 0 aliphatic heterocycles. The Kier molecular flexibility index (Phi) is 4.61. The standard InChI is InChI=1S/C11H16ClNOS/c1-11(2,9-5-4-8-15-9)13-10(14)6-3-7-12/h4-5,8H,3,6-7H2,1-2H3,(H,13,14). The molecule has 84 valence electrons. The first-order valence-corrected chi connectivity index (χ1v) is 6.38. The van der Waals surface area contributed by atoms with Gasteiger partial charge in [0.1, 0.15) is 0 Å². The number of thiophene rings is 1. The maximum atomic E-state index is 11.5. The van der Waals surface area contributed by atoms with E-state index in [1.807, 2.05) is 31.4 Å². The molecular weight excluding hydrogens is 230 g/mol. The fraction of sp³-hybridized carbons (Fsp3) is 0.545. The van der Waals surface area contributed by atoms with E-state index >= 15 is 0 Å². The number of amides is 1. The number of halogens is 1. The molecule has 0 saturated heterocycles. The van der Waals surface area contributed by atoms with Crippen molar-refractivity contribution in [3.05, 3.63) is 22.4 Å². The maximum absolute atomic E-state index is 11.5. The summed E-state index contributed by atoms with van der Waals surface area (Å²) in [5.41, 5.74) is -0.280. The van der Waals surface area contributed by atoms with Crippen LogP contribution in [0.25, 0.3) is 0 Å². The summed E-state index contributed by atoms with van der Waals surface area (Å²) in [4.78, 5) is 12.7. The third kappa shape index (κ3) is 3.84. The number of hydrogen-bond donors (Lipinski definition) is 1. The van der Waals surface area contributed by atoms with Gasteiger partial charge in [-0.25, -0.2) is 0 Å². The van der Waals surface area contributed by atoms with E-state index in [9.17, 15) is 4.79 Å². The summed E-state index contributed by atoms with van der Waals surface area (Å²) in [6.45, 7) is 4.02. The van der Waals surface area contributed by atoms with Crippen LogP contribution in [0, 0.1) is 0 Å². The third-order valence-corrected chi connectivity index (χ3v) is 3.59. The zero-order chi connectivity index (χ0) is 11.3. The van der Waals surface area contributed by atoms with Gasteiger partial charge >= 0.3 is 0 Å². The Hall–Kier alpha value is -0.540. The number of hydrogen-bond acceptors (Lipinski definition) is 2. The monoisotopic (exact) mass is 245 g/mol. The Balaban J connectivity index is 2.53. The molecule has 0 fully saturated rings. The van der Waals surface area contributed by atoms with Crippen LogP contribution in [0.1, 0.15) is 31.6 Å². The largest absolute Gasteiger partial charge is 0.346 e. The van der Waals surface area contributed by atoms with Gasteiger partial charge in [0.15, 0.2) is 0 Å². The van der Waals surface area contributed by atoms with Gasteiger partial charge in [0.25, 0.3) is 0 Å². The summed E-state index contributed by atoms with van der Waals surface area (Å²) in [6, 6.07) is 4.03. The van der Waals surface area contributed by atoms with E-state index in [0.717, 1.165) is 6.42 Å². The highest BCUT2D eigenvalue weighted by molar-refractivity contribution is 7.10. The van der Waals surface area contributed by atoms with Crippen molar-refractivity contribution in [3.63, 3.8) is 0 Å². The highest BCUT2D eigenvalue weighted by Gasteiger charge is 2.23. The van der Waals surface area contributed by atoms with Gasteiger partial charge in [-0.3, -0.25) is 4.79 Å². The molecule has 0 spiro atoms. The van der Waals surface area contributed by atoms with Crippen LogP contribution in [-0.4, -0.2) is 11.8 Å². The fourth-order valence-corrected chi connectivity index (χ4v) is 2.27. The lowest BCUT2D eigenvalue weighted by Gasteiger charge is -2.25. The molecule has 0 bridgehead atoms. The molecule has 2 nitrogen and oxygen atoms in total. The van der Waals surface area contributed by atoms with Crippen molar-refractivity contribution in [2.45, 2.75) is 32.2 Å². The molecule has 1 amide bonds. The molecule has 1 aromatic heterocycles. The van der Waals surface area contributed by atoms with Gasteiger partial charge in [-0.05, 0) is 31.7 Å². The SMILES string of the molecule is CC(C)(NC(=O)CCCCl)c1cccs1. The summed E-state index contributed by atoms with van der Waals surface area (Å²) in [7, 11) is 0. The van der Waals surface area contributed by atoms with Gasteiger partial charge in [-0.1, -0.05) is 6.07 Å². The Morgan fingerprint density at radius 3 is 2.87 bits per heavy atom. The van der Waals surface area contributed by atoms with Crippen molar-refractivity contribution in [2.24, 2.45) is 0 Å². The van der Waals surface area contributed by atoms with Crippen molar-refractivity contribution >= 4 is 28.8 Å². The van der Waals surface area contributed by atoms with E-state index in [4.69, 9.17) is 11.6 Å². The van der Waals surface area contributed by atoms with Crippen LogP contribution < -0.4 is 5.32 Å². The van der Waals surface area contributed by atoms with E-state index in [1.165, 1.54) is 4.88 Å². The minimum atomic E-state index is -0.280. The topological polar surface area (TPSA) is 29.1 Å². The molecule has 1 rings (SSSR count). The van der Waals surface area contributed by atoms with Gasteiger partial charge in [-0.15, -0.1) is 22.9 Å². The summed E-state index contributed by atoms with van der Waals surface area (Å²) in [5.74, 6) is 0.599. The predicted molar refractivity (Wildman–Crippen MR) is 65.4 cm³/mol. The third-order valence-electron chi connectivity index (χ3n) is 2.13. The lowest BCUT2D eigenvalue weighted by Crippen LogP contribution is -2.40. The minimum absolute atomic E-state index is 0.0639. The number of alkyl halides is 1. The normalized spacial score (nSPS) is 11.4. The highest BCUT2D eigenvalue weighted by atomic mass is 35.5. The highest BCUT2D eigenvalue weighted by Crippen LogP contribution is 2.24. The predicted octanol–water partition coefficient (Wildman–Crippen LogP) is 3.12. The van der Waals surface area contributed by atoms with Crippen LogP contribution in [0.4, 0.5) is 0 Å². The molecule has 0 aliphatic rings. The molecule has 1 aromatic rings. The van der Waals surface area contributed by atoms with Gasteiger partial charge in [0.05, 0.1) is 5.54 Å². The molecule has 0 atom stereocenters. The second kappa shape index (κ2) is 5.52. The first-order chi connectivity index (χ1) is 7.06. The second-order valence-electron chi connectivity index (χ2n) is 3.94. The molecule has 1 N–H and O–H groups in total. The van der Waals surface area contributed by atoms with Gasteiger partial charge in [0.2, 0.25) is 5.91 Å². The number of carbonyl (C=O) groups excluding carboxylic acids is 1. The van der Waals surface area contributed by atoms with Gasteiger partial charge in [0, 0.05) is 17.2 Å². The van der Waals surface area contributed by atoms with Crippen molar-refractivity contribution < 1.29 is 4.79 Å². The van der Waals surface area contributed by atoms with E-state index < -0.39 is 0 Å². The molecule has 0 unspecified atom stereocenters. The van der Waals surface area contributed by atoms with Gasteiger partial charge in [-0.2, -0.15) is 0 Å². The molecule has 15 heavy (non-hydrogen) atoms. The molecule has 4 heteroatoms. The lowest BCUT2D eigenvalue weighted by atomic mass is 10.0. The molecular formula is C11H16ClNOS. The molecule has 0 aliphatic carbocycles. The molecule has 0 radical (unpaired) electrons. The van der Waals surface area contributed by atoms with Crippen LogP contribution in [0.2, 0.25) is 0 Å². The van der Waals surface area contributed by atoms with Crippen molar-refractivity contribution in [1.82, 2.24) is 5.32 Å². The number of nitrogens with one attached hydrogen (secondary N) is 1. The van der Waals surface area contributed by atoms with Crippen LogP contribution in [0.5, 0.6) is 0 Å². The minimum Gasteiger partial charge on any atom is -0.346 e. The van der Waals surface area contributed by atoms with E-state index in [0.29, 0.717) is 12.3 Å². The Morgan fingerprint density at radius 2 is 2.33 bits per heavy atom. The number of rotatable bonds is 5. The first-order valence-electron chi connectivity index (χ1n) is 4.97.